The van der Waals surface area contributed by atoms with E-state index in [-0.39, 0.29) is 5.91 Å². The van der Waals surface area contributed by atoms with Crippen molar-refractivity contribution in [2.24, 2.45) is 11.8 Å². The number of hydrogen-bond acceptors (Lipinski definition) is 6. The highest BCUT2D eigenvalue weighted by molar-refractivity contribution is 7.15. The van der Waals surface area contributed by atoms with Gasteiger partial charge in [0.05, 0.1) is 12.4 Å². The second kappa shape index (κ2) is 7.31. The van der Waals surface area contributed by atoms with Gasteiger partial charge in [0.25, 0.3) is 0 Å². The van der Waals surface area contributed by atoms with Gasteiger partial charge in [0.15, 0.2) is 10.9 Å². The first-order chi connectivity index (χ1) is 11.5. The summed E-state index contributed by atoms with van der Waals surface area (Å²) >= 11 is 1.51. The summed E-state index contributed by atoms with van der Waals surface area (Å²) < 4.78 is 12.9. The van der Waals surface area contributed by atoms with Crippen LogP contribution in [0.5, 0.6) is 0 Å². The molecule has 1 fully saturated rings. The van der Waals surface area contributed by atoms with E-state index in [2.05, 4.69) is 32.1 Å². The number of aromatic nitrogens is 3. The van der Waals surface area contributed by atoms with Crippen LogP contribution in [0.1, 0.15) is 24.5 Å². The maximum atomic E-state index is 12.9. The van der Waals surface area contributed by atoms with Crippen molar-refractivity contribution in [1.29, 1.82) is 0 Å². The van der Waals surface area contributed by atoms with Crippen molar-refractivity contribution < 1.29 is 9.18 Å². The summed E-state index contributed by atoms with van der Waals surface area (Å²) in [6.07, 6.45) is 5.02. The normalized spacial score (nSPS) is 21.1. The fraction of sp³-hybridized carbons (Fsp3) is 0.500. The van der Waals surface area contributed by atoms with E-state index in [1.165, 1.54) is 30.7 Å². The lowest BCUT2D eigenvalue weighted by Crippen LogP contribution is -2.20. The van der Waals surface area contributed by atoms with Crippen LogP contribution < -0.4 is 5.32 Å². The zero-order valence-corrected chi connectivity index (χ0v) is 14.5. The Bertz CT molecular complexity index is 705. The molecule has 0 spiro atoms. The molecule has 0 aliphatic carbocycles. The van der Waals surface area contributed by atoms with Crippen LogP contribution in [0.25, 0.3) is 0 Å². The van der Waals surface area contributed by atoms with E-state index in [1.54, 1.807) is 0 Å². The molecule has 0 radical (unpaired) electrons. The molecule has 1 aliphatic heterocycles. The van der Waals surface area contributed by atoms with Gasteiger partial charge in [-0.3, -0.25) is 9.69 Å². The Kier molecular flexibility index (Phi) is 5.15. The first-order valence-corrected chi connectivity index (χ1v) is 8.72. The Labute approximate surface area is 144 Å². The van der Waals surface area contributed by atoms with Crippen LogP contribution in [0.15, 0.2) is 18.6 Å². The minimum Gasteiger partial charge on any atom is -0.302 e. The lowest BCUT2D eigenvalue weighted by Gasteiger charge is -2.14. The highest BCUT2D eigenvalue weighted by Crippen LogP contribution is 2.28. The molecule has 3 heterocycles. The number of anilines is 1. The van der Waals surface area contributed by atoms with Crippen molar-refractivity contribution in [3.8, 4) is 0 Å². The molecule has 0 aromatic carbocycles. The molecule has 1 saturated heterocycles. The van der Waals surface area contributed by atoms with E-state index in [9.17, 15) is 9.18 Å². The predicted octanol–water partition coefficient (Wildman–Crippen LogP) is 2.34. The highest BCUT2D eigenvalue weighted by atomic mass is 32.1. The molecule has 2 aromatic rings. The third-order valence-corrected chi connectivity index (χ3v) is 5.08. The van der Waals surface area contributed by atoms with Gasteiger partial charge in [-0.25, -0.2) is 19.3 Å². The Morgan fingerprint density at radius 1 is 1.33 bits per heavy atom. The van der Waals surface area contributed by atoms with Crippen molar-refractivity contribution in [1.82, 2.24) is 19.9 Å². The molecule has 24 heavy (non-hydrogen) atoms. The van der Waals surface area contributed by atoms with Gasteiger partial charge in [-0.05, 0) is 11.8 Å². The van der Waals surface area contributed by atoms with Gasteiger partial charge < -0.3 is 5.32 Å². The monoisotopic (exact) mass is 349 g/mol. The molecule has 1 amide bonds. The lowest BCUT2D eigenvalue weighted by atomic mass is 9.94. The Morgan fingerprint density at radius 3 is 2.79 bits per heavy atom. The molecule has 1 N–H and O–H groups in total. The Hall–Kier alpha value is -1.93. The second-order valence-electron chi connectivity index (χ2n) is 6.27. The average Bonchev–Trinajstić information content (AvgIpc) is 3.08. The lowest BCUT2D eigenvalue weighted by molar-refractivity contribution is -0.114. The summed E-state index contributed by atoms with van der Waals surface area (Å²) in [5.74, 6) is 1.17. The molecule has 1 aliphatic rings. The number of nitrogens with zero attached hydrogens (tertiary/aromatic N) is 4. The smallest absolute Gasteiger partial charge is 0.223 e. The predicted molar refractivity (Wildman–Crippen MR) is 90.0 cm³/mol. The van der Waals surface area contributed by atoms with Gasteiger partial charge in [0.1, 0.15) is 5.82 Å². The first kappa shape index (κ1) is 16.9. The van der Waals surface area contributed by atoms with Crippen LogP contribution >= 0.6 is 11.3 Å². The third kappa shape index (κ3) is 4.33. The van der Waals surface area contributed by atoms with E-state index >= 15 is 0 Å². The van der Waals surface area contributed by atoms with Gasteiger partial charge in [-0.1, -0.05) is 6.92 Å². The fourth-order valence-electron chi connectivity index (χ4n) is 3.03. The standard InChI is InChI=1S/C16H20FN5OS/c1-10-7-22(9-14-6-20-16(24-14)21-11(2)23)8-12(10)3-15-18-4-13(17)5-19-15/h4-6,10,12H,3,7-9H2,1-2H3,(H,20,21,23)/t10-,12?/m1/s1. The molecular formula is C16H20FN5OS. The molecule has 8 heteroatoms. The van der Waals surface area contributed by atoms with Crippen LogP contribution in [-0.2, 0) is 17.8 Å². The molecule has 0 bridgehead atoms. The van der Waals surface area contributed by atoms with E-state index in [4.69, 9.17) is 0 Å². The summed E-state index contributed by atoms with van der Waals surface area (Å²) in [4.78, 5) is 26.9. The number of nitrogens with one attached hydrogen (secondary N) is 1. The minimum absolute atomic E-state index is 0.106. The minimum atomic E-state index is -0.403. The van der Waals surface area contributed by atoms with Gasteiger partial charge in [0, 0.05) is 44.1 Å². The fourth-order valence-corrected chi connectivity index (χ4v) is 3.93. The zero-order chi connectivity index (χ0) is 17.1. The number of carbonyl (C=O) groups is 1. The van der Waals surface area contributed by atoms with Gasteiger partial charge in [-0.15, -0.1) is 11.3 Å². The van der Waals surface area contributed by atoms with Gasteiger partial charge >= 0.3 is 0 Å². The van der Waals surface area contributed by atoms with E-state index < -0.39 is 5.82 Å². The zero-order valence-electron chi connectivity index (χ0n) is 13.7. The molecule has 1 unspecified atom stereocenters. The van der Waals surface area contributed by atoms with E-state index in [1.807, 2.05) is 6.20 Å². The quantitative estimate of drug-likeness (QED) is 0.897. The van der Waals surface area contributed by atoms with Crippen LogP contribution in [0.2, 0.25) is 0 Å². The number of likely N-dealkylation sites (tertiary alicyclic amines) is 1. The molecular weight excluding hydrogens is 329 g/mol. The third-order valence-electron chi connectivity index (χ3n) is 4.18. The number of hydrogen-bond donors (Lipinski definition) is 1. The van der Waals surface area contributed by atoms with Crippen molar-refractivity contribution in [2.45, 2.75) is 26.8 Å². The summed E-state index contributed by atoms with van der Waals surface area (Å²) in [7, 11) is 0. The summed E-state index contributed by atoms with van der Waals surface area (Å²) in [5.41, 5.74) is 0. The maximum absolute atomic E-state index is 12.9. The molecule has 2 atom stereocenters. The SMILES string of the molecule is CC(=O)Nc1ncc(CN2CC(Cc3ncc(F)cn3)[C@H](C)C2)s1. The number of amides is 1. The first-order valence-electron chi connectivity index (χ1n) is 7.90. The van der Waals surface area contributed by atoms with Gasteiger partial charge in [0.2, 0.25) is 5.91 Å². The number of carbonyl (C=O) groups excluding carboxylic acids is 1. The van der Waals surface area contributed by atoms with Crippen molar-refractivity contribution in [3.05, 3.63) is 35.1 Å². The second-order valence-corrected chi connectivity index (χ2v) is 7.38. The Balaban J connectivity index is 1.56. The van der Waals surface area contributed by atoms with Crippen molar-refractivity contribution >= 4 is 22.4 Å². The molecule has 0 saturated carbocycles. The van der Waals surface area contributed by atoms with Crippen LogP contribution in [-0.4, -0.2) is 38.8 Å². The summed E-state index contributed by atoms with van der Waals surface area (Å²) in [5, 5.41) is 3.35. The molecule has 3 rings (SSSR count). The maximum Gasteiger partial charge on any atom is 0.223 e. The molecule has 128 valence electrons. The van der Waals surface area contributed by atoms with Crippen LogP contribution in [0.3, 0.4) is 0 Å². The van der Waals surface area contributed by atoms with Crippen LogP contribution in [0, 0.1) is 17.7 Å². The summed E-state index contributed by atoms with van der Waals surface area (Å²) in [6, 6.07) is 0. The van der Waals surface area contributed by atoms with Crippen molar-refractivity contribution in [3.63, 3.8) is 0 Å². The Morgan fingerprint density at radius 2 is 2.08 bits per heavy atom. The number of halogens is 1. The molecule has 2 aromatic heterocycles. The summed E-state index contributed by atoms with van der Waals surface area (Å²) in [6.45, 7) is 6.48. The average molecular weight is 349 g/mol. The highest BCUT2D eigenvalue weighted by Gasteiger charge is 2.30. The largest absolute Gasteiger partial charge is 0.302 e. The van der Waals surface area contributed by atoms with Crippen LogP contribution in [0.4, 0.5) is 9.52 Å². The van der Waals surface area contributed by atoms with E-state index in [0.717, 1.165) is 30.9 Å². The van der Waals surface area contributed by atoms with Gasteiger partial charge in [-0.2, -0.15) is 0 Å². The number of thiazole rings is 1. The number of rotatable bonds is 5. The topological polar surface area (TPSA) is 71.0 Å². The van der Waals surface area contributed by atoms with E-state index in [0.29, 0.717) is 22.8 Å². The van der Waals surface area contributed by atoms with Crippen molar-refractivity contribution in [2.75, 3.05) is 18.4 Å². The molecule has 6 nitrogen and oxygen atoms in total.